The number of piperidine rings is 1. The number of aromatic nitrogens is 4. The zero-order chi connectivity index (χ0) is 18.9. The fraction of sp³-hybridized carbons (Fsp3) is 0.227. The number of nitrogens with zero attached hydrogens (tertiary/aromatic N) is 4. The van der Waals surface area contributed by atoms with Crippen molar-refractivity contribution in [3.63, 3.8) is 0 Å². The van der Waals surface area contributed by atoms with Crippen molar-refractivity contribution in [1.29, 1.82) is 0 Å². The van der Waals surface area contributed by atoms with Crippen molar-refractivity contribution in [2.45, 2.75) is 18.9 Å². The molecule has 2 aromatic heterocycles. The Morgan fingerprint density at radius 2 is 1.86 bits per heavy atom. The molecule has 6 nitrogen and oxygen atoms in total. The number of H-pyrrole nitrogens is 1. The van der Waals surface area contributed by atoms with Crippen LogP contribution in [-0.4, -0.2) is 43.6 Å². The number of nitrogens with one attached hydrogen (secondary N) is 1. The minimum atomic E-state index is 0.0172. The summed E-state index contributed by atoms with van der Waals surface area (Å²) in [6.45, 7) is 1.48. The number of hydrogen-bond donors (Lipinski definition) is 1. The minimum Gasteiger partial charge on any atom is -0.337 e. The van der Waals surface area contributed by atoms with Crippen molar-refractivity contribution in [2.75, 3.05) is 13.1 Å². The zero-order valence-corrected chi connectivity index (χ0v) is 15.5. The third kappa shape index (κ3) is 3.07. The van der Waals surface area contributed by atoms with E-state index < -0.39 is 0 Å². The first-order valence-corrected chi connectivity index (χ1v) is 9.59. The Kier molecular flexibility index (Phi) is 4.16. The Morgan fingerprint density at radius 3 is 2.64 bits per heavy atom. The summed E-state index contributed by atoms with van der Waals surface area (Å²) in [5, 5.41) is 9.67. The topological polar surface area (TPSA) is 66.8 Å². The number of amides is 1. The van der Waals surface area contributed by atoms with Crippen molar-refractivity contribution in [2.24, 2.45) is 0 Å². The number of aromatic amines is 1. The molecule has 2 aromatic carbocycles. The number of benzene rings is 2. The molecular weight excluding hydrogens is 350 g/mol. The van der Waals surface area contributed by atoms with Gasteiger partial charge in [0.05, 0.1) is 12.0 Å². The van der Waals surface area contributed by atoms with Crippen LogP contribution in [0.1, 0.15) is 29.4 Å². The van der Waals surface area contributed by atoms with Crippen LogP contribution in [0.15, 0.2) is 67.3 Å². The first-order chi connectivity index (χ1) is 13.8. The second kappa shape index (κ2) is 6.96. The van der Waals surface area contributed by atoms with Crippen molar-refractivity contribution in [3.05, 3.63) is 72.9 Å². The lowest BCUT2D eigenvalue weighted by molar-refractivity contribution is 0.0688. The fourth-order valence-corrected chi connectivity index (χ4v) is 3.95. The van der Waals surface area contributed by atoms with Crippen LogP contribution < -0.4 is 0 Å². The molecule has 1 fully saturated rings. The smallest absolute Gasteiger partial charge is 0.271 e. The third-order valence-corrected chi connectivity index (χ3v) is 5.55. The van der Waals surface area contributed by atoms with Gasteiger partial charge in [0.1, 0.15) is 5.69 Å². The maximum Gasteiger partial charge on any atom is 0.271 e. The van der Waals surface area contributed by atoms with Gasteiger partial charge < -0.3 is 9.47 Å². The highest BCUT2D eigenvalue weighted by Gasteiger charge is 2.25. The summed E-state index contributed by atoms with van der Waals surface area (Å²) in [6, 6.07) is 16.7. The number of carbonyl (C=O) groups is 1. The van der Waals surface area contributed by atoms with Crippen LogP contribution in [-0.2, 0) is 0 Å². The van der Waals surface area contributed by atoms with Gasteiger partial charge in [-0.15, -0.1) is 0 Å². The number of hydrogen-bond acceptors (Lipinski definition) is 3. The van der Waals surface area contributed by atoms with E-state index in [2.05, 4.69) is 44.0 Å². The highest BCUT2D eigenvalue weighted by atomic mass is 16.2. The average molecular weight is 371 g/mol. The largest absolute Gasteiger partial charge is 0.337 e. The van der Waals surface area contributed by atoms with E-state index in [-0.39, 0.29) is 5.91 Å². The number of rotatable bonds is 3. The maximum absolute atomic E-state index is 12.9. The normalized spacial score (nSPS) is 15.2. The molecule has 1 amide bonds. The van der Waals surface area contributed by atoms with Gasteiger partial charge in [-0.1, -0.05) is 36.4 Å². The van der Waals surface area contributed by atoms with Gasteiger partial charge in [-0.3, -0.25) is 9.89 Å². The monoisotopic (exact) mass is 371 g/mol. The number of likely N-dealkylation sites (tertiary alicyclic amines) is 1. The average Bonchev–Trinajstić information content (AvgIpc) is 3.45. The van der Waals surface area contributed by atoms with Gasteiger partial charge >= 0.3 is 0 Å². The summed E-state index contributed by atoms with van der Waals surface area (Å²) in [4.78, 5) is 18.9. The van der Waals surface area contributed by atoms with E-state index in [1.165, 1.54) is 5.39 Å². The van der Waals surface area contributed by atoms with Gasteiger partial charge in [0.15, 0.2) is 0 Å². The van der Waals surface area contributed by atoms with Crippen molar-refractivity contribution < 1.29 is 4.79 Å². The van der Waals surface area contributed by atoms with E-state index in [1.54, 1.807) is 6.20 Å². The van der Waals surface area contributed by atoms with E-state index in [0.29, 0.717) is 11.7 Å². The lowest BCUT2D eigenvalue weighted by Gasteiger charge is -2.32. The van der Waals surface area contributed by atoms with Gasteiger partial charge in [0.2, 0.25) is 0 Å². The summed E-state index contributed by atoms with van der Waals surface area (Å²) >= 11 is 0. The molecule has 0 aliphatic carbocycles. The Morgan fingerprint density at radius 1 is 1.04 bits per heavy atom. The molecule has 1 N–H and O–H groups in total. The molecule has 0 bridgehead atoms. The standard InChI is InChI=1S/C22H21N5O/c28-22(26-10-7-19(8-11-26)27-12-9-23-15-27)21-14-20(24-25-21)18-6-5-16-3-1-2-4-17(16)13-18/h1-6,9,12-15,19H,7-8,10-11H2,(H,24,25). The van der Waals surface area contributed by atoms with Crippen LogP contribution >= 0.6 is 0 Å². The molecule has 4 aromatic rings. The third-order valence-electron chi connectivity index (χ3n) is 5.55. The molecule has 28 heavy (non-hydrogen) atoms. The first kappa shape index (κ1) is 16.7. The molecule has 3 heterocycles. The lowest BCUT2D eigenvalue weighted by Crippen LogP contribution is -2.39. The number of carbonyl (C=O) groups excluding carboxylic acids is 1. The Balaban J connectivity index is 1.31. The van der Waals surface area contributed by atoms with Gasteiger partial charge in [0, 0.05) is 37.1 Å². The van der Waals surface area contributed by atoms with Gasteiger partial charge in [-0.2, -0.15) is 5.10 Å². The van der Waals surface area contributed by atoms with E-state index in [0.717, 1.165) is 42.6 Å². The van der Waals surface area contributed by atoms with Crippen molar-refractivity contribution in [1.82, 2.24) is 24.6 Å². The molecule has 5 rings (SSSR count). The second-order valence-corrected chi connectivity index (χ2v) is 7.26. The molecule has 140 valence electrons. The van der Waals surface area contributed by atoms with E-state index in [9.17, 15) is 4.79 Å². The molecule has 0 radical (unpaired) electrons. The van der Waals surface area contributed by atoms with Crippen LogP contribution in [0.4, 0.5) is 0 Å². The summed E-state index contributed by atoms with van der Waals surface area (Å²) in [5.74, 6) is 0.0172. The lowest BCUT2D eigenvalue weighted by atomic mass is 10.0. The molecule has 6 heteroatoms. The fourth-order valence-electron chi connectivity index (χ4n) is 3.95. The predicted molar refractivity (Wildman–Crippen MR) is 108 cm³/mol. The second-order valence-electron chi connectivity index (χ2n) is 7.26. The zero-order valence-electron chi connectivity index (χ0n) is 15.5. The molecule has 0 spiro atoms. The minimum absolute atomic E-state index is 0.0172. The summed E-state index contributed by atoms with van der Waals surface area (Å²) in [6.07, 6.45) is 7.53. The maximum atomic E-state index is 12.9. The Hall–Kier alpha value is -3.41. The van der Waals surface area contributed by atoms with Crippen LogP contribution in [0.2, 0.25) is 0 Å². The molecule has 1 saturated heterocycles. The van der Waals surface area contributed by atoms with Crippen molar-refractivity contribution in [3.8, 4) is 11.3 Å². The summed E-state index contributed by atoms with van der Waals surface area (Å²) in [7, 11) is 0. The van der Waals surface area contributed by atoms with Crippen LogP contribution in [0.3, 0.4) is 0 Å². The SMILES string of the molecule is O=C(c1cc(-c2ccc3ccccc3c2)n[nH]1)N1CCC(n2ccnc2)CC1. The molecular formula is C22H21N5O. The quantitative estimate of drug-likeness (QED) is 0.594. The van der Waals surface area contributed by atoms with E-state index in [4.69, 9.17) is 0 Å². The van der Waals surface area contributed by atoms with Crippen LogP contribution in [0.5, 0.6) is 0 Å². The van der Waals surface area contributed by atoms with Gasteiger partial charge in [-0.25, -0.2) is 4.98 Å². The van der Waals surface area contributed by atoms with Crippen molar-refractivity contribution >= 4 is 16.7 Å². The molecule has 0 saturated carbocycles. The van der Waals surface area contributed by atoms with Crippen LogP contribution in [0.25, 0.3) is 22.0 Å². The highest BCUT2D eigenvalue weighted by Crippen LogP contribution is 2.26. The van der Waals surface area contributed by atoms with Gasteiger partial charge in [-0.05, 0) is 35.7 Å². The molecule has 1 aliphatic heterocycles. The number of fused-ring (bicyclic) bond motifs is 1. The molecule has 0 atom stereocenters. The van der Waals surface area contributed by atoms with E-state index >= 15 is 0 Å². The predicted octanol–water partition coefficient (Wildman–Crippen LogP) is 3.90. The Labute approximate surface area is 162 Å². The van der Waals surface area contributed by atoms with Gasteiger partial charge in [0.25, 0.3) is 5.91 Å². The first-order valence-electron chi connectivity index (χ1n) is 9.59. The highest BCUT2D eigenvalue weighted by molar-refractivity contribution is 5.94. The van der Waals surface area contributed by atoms with Crippen LogP contribution in [0, 0.1) is 0 Å². The molecule has 0 unspecified atom stereocenters. The van der Waals surface area contributed by atoms with E-state index in [1.807, 2.05) is 41.7 Å². The summed E-state index contributed by atoms with van der Waals surface area (Å²) < 4.78 is 2.13. The number of imidazole rings is 1. The summed E-state index contributed by atoms with van der Waals surface area (Å²) in [5.41, 5.74) is 2.35. The Bertz CT molecular complexity index is 1110. The molecule has 1 aliphatic rings.